The van der Waals surface area contributed by atoms with Crippen LogP contribution < -0.4 is 0 Å². The number of carbonyl (C=O) groups is 1. The minimum atomic E-state index is -0.219. The zero-order valence-corrected chi connectivity index (χ0v) is 12.6. The second-order valence-corrected chi connectivity index (χ2v) is 6.82. The molecular weight excluding hydrogens is 266 g/mol. The SMILES string of the molecule is CC1CC1c1ccc(CN(C(=O)C2CCCO2)C2CC2)o1. The van der Waals surface area contributed by atoms with E-state index in [9.17, 15) is 4.79 Å². The summed E-state index contributed by atoms with van der Waals surface area (Å²) in [6, 6.07) is 4.53. The molecule has 4 rings (SSSR count). The van der Waals surface area contributed by atoms with Crippen molar-refractivity contribution in [2.24, 2.45) is 5.92 Å². The van der Waals surface area contributed by atoms with Crippen molar-refractivity contribution in [3.05, 3.63) is 23.7 Å². The fraction of sp³-hybridized carbons (Fsp3) is 0.706. The van der Waals surface area contributed by atoms with Crippen molar-refractivity contribution in [1.29, 1.82) is 0 Å². The van der Waals surface area contributed by atoms with Crippen LogP contribution >= 0.6 is 0 Å². The molecule has 1 aromatic heterocycles. The largest absolute Gasteiger partial charge is 0.464 e. The van der Waals surface area contributed by atoms with Crippen molar-refractivity contribution in [3.8, 4) is 0 Å². The molecule has 2 saturated carbocycles. The Morgan fingerprint density at radius 3 is 2.76 bits per heavy atom. The number of amides is 1. The van der Waals surface area contributed by atoms with E-state index in [1.807, 2.05) is 11.0 Å². The van der Waals surface area contributed by atoms with E-state index in [0.29, 0.717) is 18.5 Å². The van der Waals surface area contributed by atoms with Gasteiger partial charge in [0.25, 0.3) is 5.91 Å². The van der Waals surface area contributed by atoms with Gasteiger partial charge in [0.1, 0.15) is 17.6 Å². The number of carbonyl (C=O) groups excluding carboxylic acids is 1. The molecule has 4 nitrogen and oxygen atoms in total. The second kappa shape index (κ2) is 5.16. The van der Waals surface area contributed by atoms with Gasteiger partial charge in [0.15, 0.2) is 0 Å². The predicted molar refractivity (Wildman–Crippen MR) is 77.8 cm³/mol. The van der Waals surface area contributed by atoms with Crippen molar-refractivity contribution in [2.75, 3.05) is 6.61 Å². The molecule has 1 aromatic rings. The summed E-state index contributed by atoms with van der Waals surface area (Å²) in [6.07, 6.45) is 5.11. The van der Waals surface area contributed by atoms with E-state index in [0.717, 1.165) is 49.7 Å². The summed E-state index contributed by atoms with van der Waals surface area (Å²) in [5.41, 5.74) is 0. The fourth-order valence-electron chi connectivity index (χ4n) is 3.30. The van der Waals surface area contributed by atoms with Crippen molar-refractivity contribution in [1.82, 2.24) is 4.90 Å². The van der Waals surface area contributed by atoms with Gasteiger partial charge in [-0.05, 0) is 50.2 Å². The summed E-state index contributed by atoms with van der Waals surface area (Å²) in [7, 11) is 0. The van der Waals surface area contributed by atoms with Crippen LogP contribution in [0, 0.1) is 5.92 Å². The van der Waals surface area contributed by atoms with Gasteiger partial charge in [-0.25, -0.2) is 0 Å². The first-order chi connectivity index (χ1) is 10.2. The number of furan rings is 1. The lowest BCUT2D eigenvalue weighted by Crippen LogP contribution is -2.39. The lowest BCUT2D eigenvalue weighted by atomic mass is 10.2. The number of hydrogen-bond donors (Lipinski definition) is 0. The van der Waals surface area contributed by atoms with Crippen molar-refractivity contribution in [2.45, 2.75) is 63.6 Å². The molecule has 114 valence electrons. The summed E-state index contributed by atoms with van der Waals surface area (Å²) in [4.78, 5) is 14.6. The van der Waals surface area contributed by atoms with Gasteiger partial charge in [0.05, 0.1) is 6.54 Å². The molecule has 0 spiro atoms. The number of ether oxygens (including phenoxy) is 1. The van der Waals surface area contributed by atoms with Crippen molar-refractivity contribution >= 4 is 5.91 Å². The number of rotatable bonds is 5. The summed E-state index contributed by atoms with van der Waals surface area (Å²) < 4.78 is 11.5. The Kier molecular flexibility index (Phi) is 3.29. The summed E-state index contributed by atoms with van der Waals surface area (Å²) in [5, 5.41) is 0. The molecule has 3 atom stereocenters. The van der Waals surface area contributed by atoms with Gasteiger partial charge in [-0.15, -0.1) is 0 Å². The van der Waals surface area contributed by atoms with Gasteiger partial charge in [-0.1, -0.05) is 6.92 Å². The normalized spacial score (nSPS) is 31.4. The van der Waals surface area contributed by atoms with Crippen molar-refractivity contribution in [3.63, 3.8) is 0 Å². The lowest BCUT2D eigenvalue weighted by molar-refractivity contribution is -0.142. The topological polar surface area (TPSA) is 42.7 Å². The predicted octanol–water partition coefficient (Wildman–Crippen LogP) is 3.07. The molecule has 3 unspecified atom stereocenters. The standard InChI is InChI=1S/C17H23NO3/c1-11-9-14(11)15-7-6-13(21-15)10-18(12-4-5-12)17(19)16-3-2-8-20-16/h6-7,11-12,14,16H,2-5,8-10H2,1H3. The van der Waals surface area contributed by atoms with Gasteiger partial charge in [-0.3, -0.25) is 4.79 Å². The quantitative estimate of drug-likeness (QED) is 0.836. The van der Waals surface area contributed by atoms with Gasteiger partial charge in [-0.2, -0.15) is 0 Å². The molecule has 4 heteroatoms. The highest BCUT2D eigenvalue weighted by molar-refractivity contribution is 5.81. The summed E-state index contributed by atoms with van der Waals surface area (Å²) >= 11 is 0. The first-order valence-corrected chi connectivity index (χ1v) is 8.23. The zero-order chi connectivity index (χ0) is 14.4. The van der Waals surface area contributed by atoms with E-state index in [1.54, 1.807) is 0 Å². The number of nitrogens with zero attached hydrogens (tertiary/aromatic N) is 1. The highest BCUT2D eigenvalue weighted by atomic mass is 16.5. The average Bonchev–Trinajstić information content (AvgIpc) is 3.32. The Hall–Kier alpha value is -1.29. The van der Waals surface area contributed by atoms with Crippen LogP contribution in [0.2, 0.25) is 0 Å². The molecule has 2 aliphatic carbocycles. The third-order valence-corrected chi connectivity index (χ3v) is 4.96. The maximum absolute atomic E-state index is 12.6. The van der Waals surface area contributed by atoms with E-state index in [1.165, 1.54) is 6.42 Å². The van der Waals surface area contributed by atoms with E-state index >= 15 is 0 Å². The van der Waals surface area contributed by atoms with Crippen LogP contribution in [0.5, 0.6) is 0 Å². The summed E-state index contributed by atoms with van der Waals surface area (Å²) in [6.45, 7) is 3.58. The minimum Gasteiger partial charge on any atom is -0.464 e. The molecule has 3 fully saturated rings. The average molecular weight is 289 g/mol. The monoisotopic (exact) mass is 289 g/mol. The van der Waals surface area contributed by atoms with Gasteiger partial charge in [0.2, 0.25) is 0 Å². The van der Waals surface area contributed by atoms with Crippen LogP contribution in [-0.4, -0.2) is 29.6 Å². The molecule has 2 heterocycles. The molecule has 1 amide bonds. The maximum atomic E-state index is 12.6. The van der Waals surface area contributed by atoms with Crippen LogP contribution in [0.15, 0.2) is 16.5 Å². The van der Waals surface area contributed by atoms with Crippen LogP contribution in [-0.2, 0) is 16.1 Å². The maximum Gasteiger partial charge on any atom is 0.252 e. The van der Waals surface area contributed by atoms with Gasteiger partial charge < -0.3 is 14.1 Å². The molecule has 0 bridgehead atoms. The van der Waals surface area contributed by atoms with Crippen LogP contribution in [0.4, 0.5) is 0 Å². The Labute approximate surface area is 125 Å². The molecule has 0 N–H and O–H groups in total. The smallest absolute Gasteiger partial charge is 0.252 e. The van der Waals surface area contributed by atoms with Crippen LogP contribution in [0.25, 0.3) is 0 Å². The molecule has 3 aliphatic rings. The van der Waals surface area contributed by atoms with E-state index in [4.69, 9.17) is 9.15 Å². The molecule has 0 aromatic carbocycles. The van der Waals surface area contributed by atoms with E-state index < -0.39 is 0 Å². The Balaban J connectivity index is 1.44. The molecule has 21 heavy (non-hydrogen) atoms. The molecular formula is C17H23NO3. The second-order valence-electron chi connectivity index (χ2n) is 6.82. The highest BCUT2D eigenvalue weighted by Crippen LogP contribution is 2.47. The molecule has 1 saturated heterocycles. The Bertz CT molecular complexity index is 528. The van der Waals surface area contributed by atoms with Crippen LogP contribution in [0.1, 0.15) is 56.5 Å². The number of hydrogen-bond acceptors (Lipinski definition) is 3. The summed E-state index contributed by atoms with van der Waals surface area (Å²) in [5.74, 6) is 3.52. The third kappa shape index (κ3) is 2.73. The van der Waals surface area contributed by atoms with E-state index in [-0.39, 0.29) is 12.0 Å². The first kappa shape index (κ1) is 13.4. The zero-order valence-electron chi connectivity index (χ0n) is 12.6. The van der Waals surface area contributed by atoms with Crippen LogP contribution in [0.3, 0.4) is 0 Å². The Morgan fingerprint density at radius 2 is 2.14 bits per heavy atom. The fourth-order valence-corrected chi connectivity index (χ4v) is 3.30. The molecule has 1 aliphatic heterocycles. The van der Waals surface area contributed by atoms with E-state index in [2.05, 4.69) is 13.0 Å². The van der Waals surface area contributed by atoms with Gasteiger partial charge in [0, 0.05) is 18.6 Å². The van der Waals surface area contributed by atoms with Gasteiger partial charge >= 0.3 is 0 Å². The minimum absolute atomic E-state index is 0.160. The Morgan fingerprint density at radius 1 is 1.33 bits per heavy atom. The lowest BCUT2D eigenvalue weighted by Gasteiger charge is -2.24. The first-order valence-electron chi connectivity index (χ1n) is 8.23. The van der Waals surface area contributed by atoms with Crippen molar-refractivity contribution < 1.29 is 13.9 Å². The molecule has 0 radical (unpaired) electrons. The third-order valence-electron chi connectivity index (χ3n) is 4.96. The highest BCUT2D eigenvalue weighted by Gasteiger charge is 2.39.